The average Bonchev–Trinajstić information content (AvgIpc) is 2.25. The van der Waals surface area contributed by atoms with Gasteiger partial charge in [0.05, 0.1) is 12.7 Å². The quantitative estimate of drug-likeness (QED) is 0.809. The first-order valence-corrected chi connectivity index (χ1v) is 5.32. The molecule has 1 rings (SSSR count). The van der Waals surface area contributed by atoms with Gasteiger partial charge >= 0.3 is 5.97 Å². The normalized spacial score (nSPS) is 12.2. The van der Waals surface area contributed by atoms with Crippen LogP contribution in [0.25, 0.3) is 0 Å². The predicted molar refractivity (Wildman–Crippen MR) is 57.2 cm³/mol. The number of hydrogen-bond donors (Lipinski definition) is 1. The van der Waals surface area contributed by atoms with Crippen LogP contribution >= 0.6 is 0 Å². The summed E-state index contributed by atoms with van der Waals surface area (Å²) < 4.78 is 30.4. The van der Waals surface area contributed by atoms with E-state index in [1.165, 1.54) is 0 Å². The number of benzene rings is 1. The molecule has 0 amide bonds. The van der Waals surface area contributed by atoms with Crippen molar-refractivity contribution in [2.75, 3.05) is 6.61 Å². The molecule has 0 saturated carbocycles. The van der Waals surface area contributed by atoms with Crippen LogP contribution in [0.3, 0.4) is 0 Å². The molecule has 5 heteroatoms. The van der Waals surface area contributed by atoms with E-state index in [-0.39, 0.29) is 25.0 Å². The fraction of sp³-hybridized carbons (Fsp3) is 0.417. The first-order chi connectivity index (χ1) is 8.02. The molecular weight excluding hydrogens is 230 g/mol. The van der Waals surface area contributed by atoms with Crippen LogP contribution in [0.5, 0.6) is 0 Å². The number of ether oxygens (including phenoxy) is 1. The number of rotatable bonds is 5. The second-order valence-electron chi connectivity index (χ2n) is 3.56. The van der Waals surface area contributed by atoms with Crippen LogP contribution in [0, 0.1) is 11.6 Å². The Balaban J connectivity index is 2.57. The van der Waals surface area contributed by atoms with Crippen molar-refractivity contribution in [1.82, 2.24) is 0 Å². The van der Waals surface area contributed by atoms with E-state index in [0.29, 0.717) is 0 Å². The van der Waals surface area contributed by atoms with E-state index < -0.39 is 23.7 Å². The summed E-state index contributed by atoms with van der Waals surface area (Å²) in [5.41, 5.74) is 0.117. The van der Waals surface area contributed by atoms with Gasteiger partial charge in [0.1, 0.15) is 11.6 Å². The summed E-state index contributed by atoms with van der Waals surface area (Å²) in [6.45, 7) is 1.94. The zero-order valence-corrected chi connectivity index (χ0v) is 9.45. The molecule has 1 N–H and O–H groups in total. The minimum atomic E-state index is -1.08. The number of esters is 1. The number of carbonyl (C=O) groups excluding carboxylic acids is 1. The highest BCUT2D eigenvalue weighted by molar-refractivity contribution is 5.69. The molecule has 94 valence electrons. The topological polar surface area (TPSA) is 46.5 Å². The molecule has 1 unspecified atom stereocenters. The van der Waals surface area contributed by atoms with Gasteiger partial charge in [-0.1, -0.05) is 0 Å². The Morgan fingerprint density at radius 1 is 1.35 bits per heavy atom. The maximum atomic E-state index is 12.9. The monoisotopic (exact) mass is 244 g/mol. The molecule has 0 aliphatic rings. The molecule has 0 fully saturated rings. The van der Waals surface area contributed by atoms with Crippen molar-refractivity contribution < 1.29 is 23.4 Å². The Labute approximate surface area is 98.0 Å². The van der Waals surface area contributed by atoms with E-state index in [9.17, 15) is 18.7 Å². The standard InChI is InChI=1S/C12H14F2O3/c1-2-17-12(16)4-3-11(15)8-5-9(13)7-10(14)6-8/h5-7,11,15H,2-4H2,1H3. The van der Waals surface area contributed by atoms with Crippen molar-refractivity contribution >= 4 is 5.97 Å². The summed E-state index contributed by atoms with van der Waals surface area (Å²) >= 11 is 0. The van der Waals surface area contributed by atoms with Gasteiger partial charge in [0.2, 0.25) is 0 Å². The summed E-state index contributed by atoms with van der Waals surface area (Å²) in [7, 11) is 0. The summed E-state index contributed by atoms with van der Waals surface area (Å²) in [6.07, 6.45) is -1.00. The van der Waals surface area contributed by atoms with E-state index in [0.717, 1.165) is 18.2 Å². The van der Waals surface area contributed by atoms with Gasteiger partial charge in [0, 0.05) is 12.5 Å². The minimum Gasteiger partial charge on any atom is -0.466 e. The Morgan fingerprint density at radius 3 is 2.47 bits per heavy atom. The highest BCUT2D eigenvalue weighted by Crippen LogP contribution is 2.20. The molecule has 1 aromatic carbocycles. The first-order valence-electron chi connectivity index (χ1n) is 5.32. The number of halogens is 2. The van der Waals surface area contributed by atoms with Crippen molar-refractivity contribution in [1.29, 1.82) is 0 Å². The first kappa shape index (κ1) is 13.6. The maximum Gasteiger partial charge on any atom is 0.305 e. The molecule has 17 heavy (non-hydrogen) atoms. The summed E-state index contributed by atoms with van der Waals surface area (Å²) in [5, 5.41) is 9.65. The minimum absolute atomic E-state index is 0.00708. The molecule has 0 aliphatic heterocycles. The van der Waals surface area contributed by atoms with Gasteiger partial charge in [0.15, 0.2) is 0 Å². The van der Waals surface area contributed by atoms with Gasteiger partial charge in [-0.25, -0.2) is 8.78 Å². The molecule has 0 heterocycles. The fourth-order valence-electron chi connectivity index (χ4n) is 1.42. The highest BCUT2D eigenvalue weighted by atomic mass is 19.1. The van der Waals surface area contributed by atoms with Gasteiger partial charge < -0.3 is 9.84 Å². The van der Waals surface area contributed by atoms with E-state index in [2.05, 4.69) is 4.74 Å². The molecule has 1 aromatic rings. The van der Waals surface area contributed by atoms with Gasteiger partial charge in [-0.2, -0.15) is 0 Å². The van der Waals surface area contributed by atoms with Gasteiger partial charge in [-0.05, 0) is 31.0 Å². The van der Waals surface area contributed by atoms with Crippen molar-refractivity contribution in [2.45, 2.75) is 25.9 Å². The Bertz CT molecular complexity index is 373. The van der Waals surface area contributed by atoms with Crippen LogP contribution in [0.15, 0.2) is 18.2 Å². The summed E-state index contributed by atoms with van der Waals surface area (Å²) in [6, 6.07) is 2.80. The zero-order chi connectivity index (χ0) is 12.8. The average molecular weight is 244 g/mol. The molecule has 0 radical (unpaired) electrons. The second-order valence-corrected chi connectivity index (χ2v) is 3.56. The molecule has 3 nitrogen and oxygen atoms in total. The van der Waals surface area contributed by atoms with E-state index in [1.54, 1.807) is 6.92 Å². The number of carbonyl (C=O) groups is 1. The number of hydrogen-bond acceptors (Lipinski definition) is 3. The van der Waals surface area contributed by atoms with Crippen molar-refractivity contribution in [3.8, 4) is 0 Å². The fourth-order valence-corrected chi connectivity index (χ4v) is 1.42. The Hall–Kier alpha value is -1.49. The lowest BCUT2D eigenvalue weighted by Gasteiger charge is -2.10. The van der Waals surface area contributed by atoms with Crippen LogP contribution in [0.4, 0.5) is 8.78 Å². The Morgan fingerprint density at radius 2 is 1.94 bits per heavy atom. The van der Waals surface area contributed by atoms with Crippen molar-refractivity contribution in [3.05, 3.63) is 35.4 Å². The highest BCUT2D eigenvalue weighted by Gasteiger charge is 2.13. The number of aliphatic hydroxyl groups excluding tert-OH is 1. The lowest BCUT2D eigenvalue weighted by atomic mass is 10.0. The van der Waals surface area contributed by atoms with Crippen LogP contribution in [0.1, 0.15) is 31.4 Å². The van der Waals surface area contributed by atoms with Crippen LogP contribution in [-0.2, 0) is 9.53 Å². The maximum absolute atomic E-state index is 12.9. The van der Waals surface area contributed by atoms with Gasteiger partial charge in [-0.3, -0.25) is 4.79 Å². The SMILES string of the molecule is CCOC(=O)CCC(O)c1cc(F)cc(F)c1. The molecule has 0 bridgehead atoms. The van der Waals surface area contributed by atoms with Crippen LogP contribution in [-0.4, -0.2) is 17.7 Å². The predicted octanol–water partition coefficient (Wildman–Crippen LogP) is 2.34. The van der Waals surface area contributed by atoms with Crippen LogP contribution in [0.2, 0.25) is 0 Å². The second kappa shape index (κ2) is 6.30. The van der Waals surface area contributed by atoms with Gasteiger partial charge in [-0.15, -0.1) is 0 Å². The van der Waals surface area contributed by atoms with Crippen LogP contribution < -0.4 is 0 Å². The van der Waals surface area contributed by atoms with E-state index >= 15 is 0 Å². The van der Waals surface area contributed by atoms with E-state index in [4.69, 9.17) is 0 Å². The molecule has 0 aromatic heterocycles. The third-order valence-corrected chi connectivity index (χ3v) is 2.20. The third-order valence-electron chi connectivity index (χ3n) is 2.20. The lowest BCUT2D eigenvalue weighted by Crippen LogP contribution is -2.07. The lowest BCUT2D eigenvalue weighted by molar-refractivity contribution is -0.143. The third kappa shape index (κ3) is 4.48. The van der Waals surface area contributed by atoms with Gasteiger partial charge in [0.25, 0.3) is 0 Å². The van der Waals surface area contributed by atoms with E-state index in [1.807, 2.05) is 0 Å². The summed E-state index contributed by atoms with van der Waals surface area (Å²) in [5.74, 6) is -1.95. The molecular formula is C12H14F2O3. The molecule has 1 atom stereocenters. The number of aliphatic hydroxyl groups is 1. The molecule has 0 aliphatic carbocycles. The molecule has 0 spiro atoms. The zero-order valence-electron chi connectivity index (χ0n) is 9.45. The largest absolute Gasteiger partial charge is 0.466 e. The smallest absolute Gasteiger partial charge is 0.305 e. The summed E-state index contributed by atoms with van der Waals surface area (Å²) in [4.78, 5) is 11.0. The van der Waals surface area contributed by atoms with Crippen molar-refractivity contribution in [2.24, 2.45) is 0 Å². The van der Waals surface area contributed by atoms with Crippen molar-refractivity contribution in [3.63, 3.8) is 0 Å². The molecule has 0 saturated heterocycles. The Kier molecular flexibility index (Phi) is 5.03.